The molecular formula is C18H15NO5S. The number of ether oxygens (including phenoxy) is 1. The van der Waals surface area contributed by atoms with Crippen molar-refractivity contribution in [1.82, 2.24) is 3.97 Å². The first-order valence-electron chi connectivity index (χ1n) is 7.58. The van der Waals surface area contributed by atoms with Crippen LogP contribution in [-0.2, 0) is 14.8 Å². The molecule has 0 aliphatic rings. The third-order valence-corrected chi connectivity index (χ3v) is 5.47. The summed E-state index contributed by atoms with van der Waals surface area (Å²) in [7, 11) is -4.09. The minimum Gasteiger partial charge on any atom is -0.461 e. The van der Waals surface area contributed by atoms with Gasteiger partial charge in [-0.3, -0.25) is 4.79 Å². The largest absolute Gasteiger partial charge is 0.461 e. The normalized spacial score (nSPS) is 11.4. The molecule has 0 fully saturated rings. The second kappa shape index (κ2) is 6.52. The quantitative estimate of drug-likeness (QED) is 0.518. The van der Waals surface area contributed by atoms with Crippen LogP contribution in [0.3, 0.4) is 0 Å². The van der Waals surface area contributed by atoms with Gasteiger partial charge in [0.1, 0.15) is 0 Å². The maximum absolute atomic E-state index is 13.1. The van der Waals surface area contributed by atoms with E-state index in [1.165, 1.54) is 12.1 Å². The van der Waals surface area contributed by atoms with Crippen LogP contribution in [0.25, 0.3) is 10.9 Å². The van der Waals surface area contributed by atoms with Crippen molar-refractivity contribution in [2.24, 2.45) is 0 Å². The fourth-order valence-corrected chi connectivity index (χ4v) is 4.24. The molecule has 0 aliphatic carbocycles. The minimum absolute atomic E-state index is 0.00597. The van der Waals surface area contributed by atoms with Crippen LogP contribution in [0.15, 0.2) is 59.5 Å². The van der Waals surface area contributed by atoms with E-state index in [-0.39, 0.29) is 28.3 Å². The van der Waals surface area contributed by atoms with Gasteiger partial charge in [0.2, 0.25) is 0 Å². The monoisotopic (exact) mass is 357 g/mol. The Morgan fingerprint density at radius 1 is 1.08 bits per heavy atom. The number of nitrogens with zero attached hydrogens (tertiary/aromatic N) is 1. The van der Waals surface area contributed by atoms with E-state index in [1.54, 1.807) is 49.4 Å². The summed E-state index contributed by atoms with van der Waals surface area (Å²) in [6.07, 6.45) is 0.478. The van der Waals surface area contributed by atoms with E-state index >= 15 is 0 Å². The van der Waals surface area contributed by atoms with Gasteiger partial charge in [-0.05, 0) is 25.1 Å². The standard InChI is InChI=1S/C18H15NO5S/c1-2-24-18(21)17-15(12-20)14-10-6-7-11-16(14)19(17)25(22,23)13-8-4-3-5-9-13/h3-12H,2H2,1H3. The molecule has 0 unspecified atom stereocenters. The van der Waals surface area contributed by atoms with Gasteiger partial charge in [0.05, 0.1) is 22.6 Å². The maximum atomic E-state index is 13.1. The Bertz CT molecular complexity index is 1050. The molecule has 0 saturated carbocycles. The third kappa shape index (κ3) is 2.72. The van der Waals surface area contributed by atoms with E-state index in [0.29, 0.717) is 11.7 Å². The van der Waals surface area contributed by atoms with Gasteiger partial charge in [-0.15, -0.1) is 0 Å². The summed E-state index contributed by atoms with van der Waals surface area (Å²) in [6, 6.07) is 14.2. The zero-order valence-corrected chi connectivity index (χ0v) is 14.2. The molecule has 0 radical (unpaired) electrons. The fraction of sp³-hybridized carbons (Fsp3) is 0.111. The molecule has 0 amide bonds. The van der Waals surface area contributed by atoms with Crippen LogP contribution in [0, 0.1) is 0 Å². The summed E-state index contributed by atoms with van der Waals surface area (Å²) in [4.78, 5) is 24.1. The van der Waals surface area contributed by atoms with Gasteiger partial charge in [0, 0.05) is 5.39 Å². The Morgan fingerprint density at radius 2 is 1.72 bits per heavy atom. The molecule has 0 spiro atoms. The lowest BCUT2D eigenvalue weighted by Crippen LogP contribution is -2.21. The SMILES string of the molecule is CCOC(=O)c1c(C=O)c2ccccc2n1S(=O)(=O)c1ccccc1. The summed E-state index contributed by atoms with van der Waals surface area (Å²) in [5.74, 6) is -0.861. The van der Waals surface area contributed by atoms with Crippen LogP contribution in [-0.4, -0.2) is 31.3 Å². The molecule has 2 aromatic carbocycles. The van der Waals surface area contributed by atoms with E-state index < -0.39 is 16.0 Å². The molecule has 0 aliphatic heterocycles. The van der Waals surface area contributed by atoms with Crippen molar-refractivity contribution in [2.75, 3.05) is 6.61 Å². The van der Waals surface area contributed by atoms with Gasteiger partial charge >= 0.3 is 5.97 Å². The van der Waals surface area contributed by atoms with E-state index in [9.17, 15) is 18.0 Å². The molecule has 7 heteroatoms. The topological polar surface area (TPSA) is 82.4 Å². The fourth-order valence-electron chi connectivity index (χ4n) is 2.70. The summed E-state index contributed by atoms with van der Waals surface area (Å²) in [5, 5.41) is 0.375. The first-order chi connectivity index (χ1) is 12.0. The van der Waals surface area contributed by atoms with Crippen LogP contribution < -0.4 is 0 Å². The van der Waals surface area contributed by atoms with Gasteiger partial charge < -0.3 is 4.74 Å². The summed E-state index contributed by atoms with van der Waals surface area (Å²) < 4.78 is 32.2. The molecule has 6 nitrogen and oxygen atoms in total. The lowest BCUT2D eigenvalue weighted by molar-refractivity contribution is 0.0516. The molecule has 1 aromatic heterocycles. The Labute approximate surface area is 144 Å². The van der Waals surface area contributed by atoms with E-state index in [0.717, 1.165) is 3.97 Å². The lowest BCUT2D eigenvalue weighted by atomic mass is 10.1. The van der Waals surface area contributed by atoms with Gasteiger partial charge in [-0.2, -0.15) is 0 Å². The zero-order valence-electron chi connectivity index (χ0n) is 13.4. The number of hydrogen-bond acceptors (Lipinski definition) is 5. The highest BCUT2D eigenvalue weighted by Crippen LogP contribution is 2.30. The third-order valence-electron chi connectivity index (χ3n) is 3.74. The molecule has 0 bridgehead atoms. The number of benzene rings is 2. The average Bonchev–Trinajstić information content (AvgIpc) is 2.98. The number of carbonyl (C=O) groups is 2. The Balaban J connectivity index is 2.43. The second-order valence-electron chi connectivity index (χ2n) is 5.20. The van der Waals surface area contributed by atoms with Crippen molar-refractivity contribution in [3.05, 3.63) is 65.9 Å². The van der Waals surface area contributed by atoms with Crippen molar-refractivity contribution in [1.29, 1.82) is 0 Å². The summed E-state index contributed by atoms with van der Waals surface area (Å²) >= 11 is 0. The van der Waals surface area contributed by atoms with Crippen LogP contribution in [0.5, 0.6) is 0 Å². The number of carbonyl (C=O) groups excluding carboxylic acids is 2. The number of esters is 1. The van der Waals surface area contributed by atoms with E-state index in [2.05, 4.69) is 0 Å². The maximum Gasteiger partial charge on any atom is 0.356 e. The molecule has 0 saturated heterocycles. The van der Waals surface area contributed by atoms with Crippen LogP contribution >= 0.6 is 0 Å². The van der Waals surface area contributed by atoms with Crippen molar-refractivity contribution >= 4 is 33.2 Å². The smallest absolute Gasteiger partial charge is 0.356 e. The molecule has 3 rings (SSSR count). The number of aromatic nitrogens is 1. The van der Waals surface area contributed by atoms with Gasteiger partial charge in [0.25, 0.3) is 10.0 Å². The predicted molar refractivity (Wildman–Crippen MR) is 92.3 cm³/mol. The number of fused-ring (bicyclic) bond motifs is 1. The van der Waals surface area contributed by atoms with E-state index in [4.69, 9.17) is 4.74 Å². The highest BCUT2D eigenvalue weighted by atomic mass is 32.2. The Kier molecular flexibility index (Phi) is 4.41. The van der Waals surface area contributed by atoms with Crippen LogP contribution in [0.1, 0.15) is 27.8 Å². The Morgan fingerprint density at radius 3 is 2.36 bits per heavy atom. The minimum atomic E-state index is -4.09. The average molecular weight is 357 g/mol. The van der Waals surface area contributed by atoms with Crippen molar-refractivity contribution in [3.8, 4) is 0 Å². The molecule has 128 valence electrons. The molecule has 0 N–H and O–H groups in total. The number of hydrogen-bond donors (Lipinski definition) is 0. The lowest BCUT2D eigenvalue weighted by Gasteiger charge is -2.11. The van der Waals surface area contributed by atoms with Gasteiger partial charge in [0.15, 0.2) is 12.0 Å². The van der Waals surface area contributed by atoms with Crippen molar-refractivity contribution in [2.45, 2.75) is 11.8 Å². The van der Waals surface area contributed by atoms with Crippen LogP contribution in [0.4, 0.5) is 0 Å². The highest BCUT2D eigenvalue weighted by Gasteiger charge is 2.31. The number of para-hydroxylation sites is 1. The number of aldehydes is 1. The van der Waals surface area contributed by atoms with Crippen LogP contribution in [0.2, 0.25) is 0 Å². The molecular weight excluding hydrogens is 342 g/mol. The molecule has 25 heavy (non-hydrogen) atoms. The summed E-state index contributed by atoms with van der Waals surface area (Å²) in [5.41, 5.74) is -0.0491. The molecule has 0 atom stereocenters. The first kappa shape index (κ1) is 16.9. The molecule has 1 heterocycles. The highest BCUT2D eigenvalue weighted by molar-refractivity contribution is 7.90. The summed E-state index contributed by atoms with van der Waals surface area (Å²) in [6.45, 7) is 1.67. The van der Waals surface area contributed by atoms with Crippen molar-refractivity contribution < 1.29 is 22.7 Å². The predicted octanol–water partition coefficient (Wildman–Crippen LogP) is 2.87. The zero-order chi connectivity index (χ0) is 18.0. The van der Waals surface area contributed by atoms with E-state index in [1.807, 2.05) is 0 Å². The molecule has 3 aromatic rings. The van der Waals surface area contributed by atoms with Gasteiger partial charge in [-0.1, -0.05) is 36.4 Å². The number of rotatable bonds is 5. The first-order valence-corrected chi connectivity index (χ1v) is 9.02. The Hall–Kier alpha value is -2.93. The van der Waals surface area contributed by atoms with Gasteiger partial charge in [-0.25, -0.2) is 17.2 Å². The van der Waals surface area contributed by atoms with Crippen molar-refractivity contribution in [3.63, 3.8) is 0 Å². The second-order valence-corrected chi connectivity index (χ2v) is 6.99.